The summed E-state index contributed by atoms with van der Waals surface area (Å²) in [5, 5.41) is 16.7. The van der Waals surface area contributed by atoms with Crippen LogP contribution in [0.15, 0.2) is 34.5 Å². The number of halogens is 2. The molecule has 0 bridgehead atoms. The molecule has 0 unspecified atom stereocenters. The maximum atomic E-state index is 5.72. The Balaban J connectivity index is 2.13. The third-order valence-corrected chi connectivity index (χ3v) is 8.19. The summed E-state index contributed by atoms with van der Waals surface area (Å²) in [7, 11) is 0. The summed E-state index contributed by atoms with van der Waals surface area (Å²) < 4.78 is 4.91. The number of benzene rings is 1. The van der Waals surface area contributed by atoms with Crippen molar-refractivity contribution in [3.63, 3.8) is 0 Å². The Bertz CT molecular complexity index is 1290. The second-order valence-corrected chi connectivity index (χ2v) is 11.4. The average Bonchev–Trinajstić information content (AvgIpc) is 3.24. The molecule has 118 valence electrons. The van der Waals surface area contributed by atoms with Gasteiger partial charge in [0.15, 0.2) is 0 Å². The van der Waals surface area contributed by atoms with Crippen LogP contribution in [0.4, 0.5) is 0 Å². The first-order valence-electron chi connectivity index (χ1n) is 6.97. The van der Waals surface area contributed by atoms with Crippen LogP contribution in [0.5, 0.6) is 0 Å². The first kappa shape index (κ1) is 15.3. The molecule has 0 aliphatic heterocycles. The van der Waals surface area contributed by atoms with Crippen molar-refractivity contribution in [2.75, 3.05) is 0 Å². The smallest absolute Gasteiger partial charge is 0.0993 e. The second-order valence-electron chi connectivity index (χ2n) is 5.49. The number of nitrogens with zero attached hydrogens (tertiary/aromatic N) is 2. The third-order valence-electron chi connectivity index (χ3n) is 4.33. The van der Waals surface area contributed by atoms with E-state index in [-0.39, 0.29) is 0 Å². The zero-order valence-corrected chi connectivity index (χ0v) is 17.9. The molecule has 0 amide bonds. The summed E-state index contributed by atoms with van der Waals surface area (Å²) in [6, 6.07) is 8.68. The summed E-state index contributed by atoms with van der Waals surface area (Å²) in [6.07, 6.45) is 0. The lowest BCUT2D eigenvalue weighted by atomic mass is 10.1. The molecule has 0 fully saturated rings. The molecule has 0 aliphatic rings. The molecule has 0 saturated carbocycles. The van der Waals surface area contributed by atoms with Gasteiger partial charge in [-0.2, -0.15) is 10.2 Å². The number of hydrogen-bond acceptors (Lipinski definition) is 6. The Morgan fingerprint density at radius 3 is 1.42 bits per heavy atom. The quantitative estimate of drug-likeness (QED) is 0.167. The Morgan fingerprint density at radius 2 is 1.04 bits per heavy atom. The van der Waals surface area contributed by atoms with Gasteiger partial charge in [0.25, 0.3) is 0 Å². The van der Waals surface area contributed by atoms with Crippen molar-refractivity contribution in [2.45, 2.75) is 0 Å². The van der Waals surface area contributed by atoms with E-state index in [0.717, 1.165) is 32.3 Å². The summed E-state index contributed by atoms with van der Waals surface area (Å²) in [5.74, 6) is 11.4. The van der Waals surface area contributed by atoms with Crippen molar-refractivity contribution in [3.8, 4) is 0 Å². The zero-order valence-electron chi connectivity index (χ0n) is 11.9. The van der Waals surface area contributed by atoms with Crippen LogP contribution < -0.4 is 22.4 Å². The minimum Gasteiger partial charge on any atom is -0.323 e. The Morgan fingerprint density at radius 1 is 0.625 bits per heavy atom. The van der Waals surface area contributed by atoms with E-state index in [1.807, 2.05) is 0 Å². The summed E-state index contributed by atoms with van der Waals surface area (Å²) in [5.41, 5.74) is 0. The first-order valence-corrected chi connectivity index (χ1v) is 10.8. The van der Waals surface area contributed by atoms with Gasteiger partial charge in [-0.05, 0) is 69.4 Å². The molecule has 5 aromatic rings. The molecule has 0 atom stereocenters. The van der Waals surface area contributed by atoms with Gasteiger partial charge in [-0.1, -0.05) is 0 Å². The Kier molecular flexibility index (Phi) is 3.35. The van der Waals surface area contributed by atoms with E-state index >= 15 is 0 Å². The highest BCUT2D eigenvalue weighted by Gasteiger charge is 2.17. The lowest BCUT2D eigenvalue weighted by Crippen LogP contribution is -2.04. The molecule has 4 nitrogen and oxygen atoms in total. The van der Waals surface area contributed by atoms with Gasteiger partial charge < -0.3 is 11.7 Å². The van der Waals surface area contributed by atoms with Crippen LogP contribution >= 0.6 is 67.9 Å². The van der Waals surface area contributed by atoms with Crippen molar-refractivity contribution in [1.82, 2.24) is 0 Å². The van der Waals surface area contributed by atoms with E-state index < -0.39 is 0 Å². The highest BCUT2D eigenvalue weighted by atomic mass is 127. The highest BCUT2D eigenvalue weighted by molar-refractivity contribution is 14.1. The fourth-order valence-electron chi connectivity index (χ4n) is 3.41. The lowest BCUT2D eigenvalue weighted by molar-refractivity contribution is 1.17. The monoisotopic (exact) mass is 574 g/mol. The van der Waals surface area contributed by atoms with E-state index in [0.29, 0.717) is 0 Å². The molecular formula is C16H8I2N4S2. The number of rotatable bonds is 0. The molecule has 0 spiro atoms. The summed E-state index contributed by atoms with van der Waals surface area (Å²) in [4.78, 5) is 0. The number of hydrogen-bond donors (Lipinski definition) is 2. The largest absolute Gasteiger partial charge is 0.323 e. The van der Waals surface area contributed by atoms with Gasteiger partial charge in [0.2, 0.25) is 0 Å². The topological polar surface area (TPSA) is 76.8 Å². The van der Waals surface area contributed by atoms with Gasteiger partial charge in [0.1, 0.15) is 0 Å². The molecule has 3 aromatic carbocycles. The third kappa shape index (κ3) is 1.88. The van der Waals surface area contributed by atoms with Crippen molar-refractivity contribution >= 4 is 110 Å². The van der Waals surface area contributed by atoms with Gasteiger partial charge in [-0.25, -0.2) is 0 Å². The first-order chi connectivity index (χ1) is 11.6. The molecule has 4 N–H and O–H groups in total. The maximum Gasteiger partial charge on any atom is 0.0993 e. The van der Waals surface area contributed by atoms with E-state index in [4.69, 9.17) is 11.7 Å². The van der Waals surface area contributed by atoms with Crippen LogP contribution in [0.3, 0.4) is 0 Å². The standard InChI is InChI=1S/C16H8I2N4S2/c17-11-4-10-14(22-20)6-2-8-5(1-7(6)15(10)23-11)13(21-19)9-3-12(18)24-16(8)9/h1-4H,19-20H2/b21-13-,22-14-. The average molecular weight is 574 g/mol. The van der Waals surface area contributed by atoms with Crippen LogP contribution in [-0.4, -0.2) is 0 Å². The summed E-state index contributed by atoms with van der Waals surface area (Å²) in [6.45, 7) is 0. The van der Waals surface area contributed by atoms with Gasteiger partial charge in [-0.3, -0.25) is 0 Å². The van der Waals surface area contributed by atoms with Crippen molar-refractivity contribution < 1.29 is 0 Å². The molecular weight excluding hydrogens is 566 g/mol. The molecule has 5 rings (SSSR count). The maximum absolute atomic E-state index is 5.72. The molecule has 0 saturated heterocycles. The van der Waals surface area contributed by atoms with Crippen LogP contribution in [0.2, 0.25) is 0 Å². The van der Waals surface area contributed by atoms with E-state index in [9.17, 15) is 0 Å². The zero-order chi connectivity index (χ0) is 16.6. The fourth-order valence-corrected chi connectivity index (χ4v) is 7.19. The van der Waals surface area contributed by atoms with Gasteiger partial charge in [0, 0.05) is 41.7 Å². The van der Waals surface area contributed by atoms with E-state index in [2.05, 4.69) is 79.7 Å². The molecule has 8 heteroatoms. The Labute approximate surface area is 170 Å². The van der Waals surface area contributed by atoms with E-state index in [1.165, 1.54) is 25.9 Å². The van der Waals surface area contributed by atoms with Crippen molar-refractivity contribution in [2.24, 2.45) is 21.9 Å². The van der Waals surface area contributed by atoms with Crippen LogP contribution in [0.1, 0.15) is 0 Å². The molecule has 0 aliphatic carbocycles. The molecule has 2 heterocycles. The predicted octanol–water partition coefficient (Wildman–Crippen LogP) is 4.06. The SMILES string of the molecule is N/N=c1/c2cc3c(cc2c2sc(I)cc12)/c(=N/N)c1cc(I)sc13. The molecule has 2 aromatic heterocycles. The van der Waals surface area contributed by atoms with Crippen molar-refractivity contribution in [3.05, 3.63) is 40.7 Å². The van der Waals surface area contributed by atoms with Crippen LogP contribution in [0, 0.1) is 5.77 Å². The molecule has 24 heavy (non-hydrogen) atoms. The minimum atomic E-state index is 0.868. The van der Waals surface area contributed by atoms with Crippen molar-refractivity contribution in [1.29, 1.82) is 0 Å². The second kappa shape index (κ2) is 5.26. The fraction of sp³-hybridized carbons (Fsp3) is 0. The van der Waals surface area contributed by atoms with Gasteiger partial charge in [-0.15, -0.1) is 22.7 Å². The Hall–Kier alpha value is -0.980. The lowest BCUT2D eigenvalue weighted by Gasteiger charge is -1.95. The van der Waals surface area contributed by atoms with E-state index in [1.54, 1.807) is 22.7 Å². The van der Waals surface area contributed by atoms with Crippen LogP contribution in [0.25, 0.3) is 41.7 Å². The molecule has 0 radical (unpaired) electrons. The van der Waals surface area contributed by atoms with Gasteiger partial charge >= 0.3 is 0 Å². The number of nitrogens with two attached hydrogens (primary N) is 2. The predicted molar refractivity (Wildman–Crippen MR) is 120 cm³/mol. The summed E-state index contributed by atoms with van der Waals surface area (Å²) >= 11 is 8.20. The minimum absolute atomic E-state index is 0.868. The normalized spacial score (nSPS) is 14.2. The number of fused-ring (bicyclic) bond motifs is 6. The van der Waals surface area contributed by atoms with Gasteiger partial charge in [0.05, 0.1) is 16.5 Å². The van der Waals surface area contributed by atoms with Crippen LogP contribution in [-0.2, 0) is 0 Å². The number of thiophene rings is 2. The highest BCUT2D eigenvalue weighted by Crippen LogP contribution is 2.38.